The summed E-state index contributed by atoms with van der Waals surface area (Å²) in [6, 6.07) is 42.2. The highest BCUT2D eigenvalue weighted by Gasteiger charge is 2.38. The average molecular weight is 530 g/mol. The maximum atomic E-state index is 12.9. The van der Waals surface area contributed by atoms with Gasteiger partial charge in [-0.05, 0) is 92.8 Å². The topological polar surface area (TPSA) is 29.5 Å². The van der Waals surface area contributed by atoms with Crippen LogP contribution < -0.4 is 9.64 Å². The smallest absolute Gasteiger partial charge is 0.231 e. The number of benzene rings is 6. The van der Waals surface area contributed by atoms with Gasteiger partial charge in [0.05, 0.1) is 16.9 Å². The second-order valence-corrected chi connectivity index (χ2v) is 11.4. The molecule has 3 nitrogen and oxygen atoms in total. The van der Waals surface area contributed by atoms with E-state index in [1.54, 1.807) is 0 Å². The molecule has 0 unspecified atom stereocenters. The normalized spacial score (nSPS) is 16.0. The molecule has 0 aliphatic carbocycles. The van der Waals surface area contributed by atoms with Crippen LogP contribution in [0.4, 0.5) is 17.1 Å². The fourth-order valence-corrected chi connectivity index (χ4v) is 6.59. The molecule has 0 aromatic heterocycles. The van der Waals surface area contributed by atoms with Crippen LogP contribution in [0.15, 0.2) is 127 Å². The Morgan fingerprint density at radius 2 is 1.41 bits per heavy atom. The summed E-state index contributed by atoms with van der Waals surface area (Å²) in [6.07, 6.45) is 1.85. The quantitative estimate of drug-likeness (QED) is 0.209. The van der Waals surface area contributed by atoms with Gasteiger partial charge in [0.1, 0.15) is 5.75 Å². The average Bonchev–Trinajstić information content (AvgIpc) is 3.31. The summed E-state index contributed by atoms with van der Waals surface area (Å²) in [6.45, 7) is 4.67. The van der Waals surface area contributed by atoms with Gasteiger partial charge in [-0.15, -0.1) is 0 Å². The Balaban J connectivity index is 1.32. The zero-order valence-electron chi connectivity index (χ0n) is 22.9. The van der Waals surface area contributed by atoms with Crippen molar-refractivity contribution in [1.29, 1.82) is 0 Å². The zero-order valence-corrected chi connectivity index (χ0v) is 22.9. The van der Waals surface area contributed by atoms with Crippen LogP contribution in [0.5, 0.6) is 5.75 Å². The van der Waals surface area contributed by atoms with E-state index in [2.05, 4.69) is 116 Å². The Hall–Kier alpha value is -5.15. The van der Waals surface area contributed by atoms with Crippen molar-refractivity contribution in [1.82, 2.24) is 0 Å². The van der Waals surface area contributed by atoms with Crippen LogP contribution in [0.3, 0.4) is 0 Å². The third-order valence-corrected chi connectivity index (χ3v) is 8.55. The molecule has 2 aliphatic heterocycles. The van der Waals surface area contributed by atoms with Crippen LogP contribution >= 0.6 is 0 Å². The molecule has 0 fully saturated rings. The molecule has 0 atom stereocenters. The van der Waals surface area contributed by atoms with Gasteiger partial charge in [0.25, 0.3) is 0 Å². The molecule has 2 heterocycles. The maximum absolute atomic E-state index is 12.9. The number of hydrogen-bond acceptors (Lipinski definition) is 3. The van der Waals surface area contributed by atoms with Crippen LogP contribution in [-0.4, -0.2) is 5.78 Å². The molecule has 2 aliphatic rings. The van der Waals surface area contributed by atoms with E-state index < -0.39 is 0 Å². The van der Waals surface area contributed by atoms with E-state index in [9.17, 15) is 4.79 Å². The van der Waals surface area contributed by atoms with Gasteiger partial charge >= 0.3 is 0 Å². The van der Waals surface area contributed by atoms with Crippen molar-refractivity contribution < 1.29 is 9.53 Å². The van der Waals surface area contributed by atoms with E-state index in [0.29, 0.717) is 17.1 Å². The highest BCUT2D eigenvalue weighted by molar-refractivity contribution is 6.14. The van der Waals surface area contributed by atoms with Gasteiger partial charge in [0, 0.05) is 11.1 Å². The first-order valence-corrected chi connectivity index (χ1v) is 14.0. The first-order valence-electron chi connectivity index (χ1n) is 14.0. The Morgan fingerprint density at radius 3 is 2.22 bits per heavy atom. The summed E-state index contributed by atoms with van der Waals surface area (Å²) in [5.74, 6) is 0.905. The lowest BCUT2D eigenvalue weighted by Gasteiger charge is -2.43. The molecule has 0 saturated carbocycles. The Kier molecular flexibility index (Phi) is 5.02. The summed E-state index contributed by atoms with van der Waals surface area (Å²) < 4.78 is 5.90. The van der Waals surface area contributed by atoms with Gasteiger partial charge in [-0.1, -0.05) is 86.6 Å². The summed E-state index contributed by atoms with van der Waals surface area (Å²) in [5.41, 5.74) is 7.44. The highest BCUT2D eigenvalue weighted by atomic mass is 16.5. The zero-order chi connectivity index (χ0) is 27.7. The van der Waals surface area contributed by atoms with E-state index in [1.807, 2.05) is 30.3 Å². The third kappa shape index (κ3) is 3.56. The van der Waals surface area contributed by atoms with E-state index in [-0.39, 0.29) is 11.2 Å². The molecular formula is C38H27NO2. The van der Waals surface area contributed by atoms with Crippen LogP contribution in [0, 0.1) is 0 Å². The fourth-order valence-electron chi connectivity index (χ4n) is 6.59. The second kappa shape index (κ2) is 8.67. The van der Waals surface area contributed by atoms with Gasteiger partial charge in [-0.25, -0.2) is 0 Å². The van der Waals surface area contributed by atoms with Gasteiger partial charge in [-0.3, -0.25) is 4.79 Å². The Bertz CT molecular complexity index is 2070. The molecule has 0 N–H and O–H groups in total. The van der Waals surface area contributed by atoms with Crippen molar-refractivity contribution >= 4 is 50.5 Å². The summed E-state index contributed by atoms with van der Waals surface area (Å²) in [4.78, 5) is 15.3. The molecule has 6 aromatic rings. The largest absolute Gasteiger partial charge is 0.452 e. The molecule has 0 bridgehead atoms. The summed E-state index contributed by atoms with van der Waals surface area (Å²) >= 11 is 0. The molecular weight excluding hydrogens is 502 g/mol. The lowest BCUT2D eigenvalue weighted by Crippen LogP contribution is -2.31. The highest BCUT2D eigenvalue weighted by Crippen LogP contribution is 2.54. The lowest BCUT2D eigenvalue weighted by atomic mass is 9.71. The molecule has 8 rings (SSSR count). The minimum absolute atomic E-state index is 0.0744. The number of allylic oxidation sites excluding steroid dienone is 1. The molecule has 196 valence electrons. The van der Waals surface area contributed by atoms with Crippen molar-refractivity contribution in [3.05, 3.63) is 149 Å². The summed E-state index contributed by atoms with van der Waals surface area (Å²) in [7, 11) is 0. The first kappa shape index (κ1) is 23.7. The number of rotatable bonds is 2. The number of carbonyl (C=O) groups is 1. The van der Waals surface area contributed by atoms with E-state index in [4.69, 9.17) is 4.74 Å². The SMILES string of the molecule is CC1(C)c2cc3ccccc3cc2N(c2ccccc2)c2ccc3cc(/C=C4/Oc5ccccc5C4=O)ccc3c21. The van der Waals surface area contributed by atoms with Gasteiger partial charge in [0.2, 0.25) is 5.78 Å². The number of carbonyl (C=O) groups excluding carboxylic acids is 1. The van der Waals surface area contributed by atoms with Crippen molar-refractivity contribution in [3.63, 3.8) is 0 Å². The van der Waals surface area contributed by atoms with Crippen LogP contribution in [0.25, 0.3) is 27.6 Å². The Morgan fingerprint density at radius 1 is 0.683 bits per heavy atom. The number of fused-ring (bicyclic) bond motifs is 6. The predicted molar refractivity (Wildman–Crippen MR) is 168 cm³/mol. The predicted octanol–water partition coefficient (Wildman–Crippen LogP) is 9.72. The number of ether oxygens (including phenoxy) is 1. The monoisotopic (exact) mass is 529 g/mol. The van der Waals surface area contributed by atoms with Crippen LogP contribution in [-0.2, 0) is 5.41 Å². The maximum Gasteiger partial charge on any atom is 0.231 e. The first-order chi connectivity index (χ1) is 20.0. The molecule has 0 spiro atoms. The number of nitrogens with zero attached hydrogens (tertiary/aromatic N) is 1. The minimum Gasteiger partial charge on any atom is -0.452 e. The Labute approximate surface area is 238 Å². The van der Waals surface area contributed by atoms with Gasteiger partial charge in [0.15, 0.2) is 5.76 Å². The number of anilines is 3. The van der Waals surface area contributed by atoms with Crippen LogP contribution in [0.2, 0.25) is 0 Å². The van der Waals surface area contributed by atoms with E-state index in [1.165, 1.54) is 38.7 Å². The fraction of sp³-hybridized carbons (Fsp3) is 0.0789. The molecule has 41 heavy (non-hydrogen) atoms. The summed E-state index contributed by atoms with van der Waals surface area (Å²) in [5, 5.41) is 4.81. The molecule has 0 saturated heterocycles. The van der Waals surface area contributed by atoms with Gasteiger partial charge < -0.3 is 9.64 Å². The number of hydrogen-bond donors (Lipinski definition) is 0. The molecule has 6 aromatic carbocycles. The third-order valence-electron chi connectivity index (χ3n) is 8.55. The van der Waals surface area contributed by atoms with Crippen molar-refractivity contribution in [2.75, 3.05) is 4.90 Å². The second-order valence-electron chi connectivity index (χ2n) is 11.4. The lowest BCUT2D eigenvalue weighted by molar-refractivity contribution is 0.101. The van der Waals surface area contributed by atoms with Crippen molar-refractivity contribution in [2.45, 2.75) is 19.3 Å². The number of Topliss-reactive ketones (excluding diaryl/α,β-unsaturated/α-hetero) is 1. The van der Waals surface area contributed by atoms with Crippen LogP contribution in [0.1, 0.15) is 40.9 Å². The molecule has 3 heteroatoms. The number of ketones is 1. The van der Waals surface area contributed by atoms with Crippen molar-refractivity contribution in [3.8, 4) is 5.75 Å². The van der Waals surface area contributed by atoms with E-state index in [0.717, 1.165) is 16.6 Å². The molecule has 0 radical (unpaired) electrons. The molecule has 0 amide bonds. The van der Waals surface area contributed by atoms with Gasteiger partial charge in [-0.2, -0.15) is 0 Å². The van der Waals surface area contributed by atoms with Crippen molar-refractivity contribution in [2.24, 2.45) is 0 Å². The standard InChI is InChI=1S/C38H27NO2/c1-38(2)31-22-25-10-6-7-11-26(25)23-33(31)39(28-12-4-3-5-13-28)32-19-17-27-20-24(16-18-29(27)36(32)38)21-35-37(40)30-14-8-9-15-34(30)41-35/h3-23H,1-2H3/b35-21+. The number of para-hydroxylation sites is 2. The van der Waals surface area contributed by atoms with E-state index >= 15 is 0 Å². The minimum atomic E-state index is -0.244.